The molecule has 0 aliphatic heterocycles. The van der Waals surface area contributed by atoms with E-state index < -0.39 is 24.2 Å². The molecule has 0 aliphatic carbocycles. The first-order valence-electron chi connectivity index (χ1n) is 22.8. The van der Waals surface area contributed by atoms with Crippen LogP contribution in [-0.4, -0.2) is 9.97 Å². The van der Waals surface area contributed by atoms with E-state index in [1.165, 1.54) is 6.33 Å². The number of thiophene rings is 2. The first-order chi connectivity index (χ1) is 31.1. The Labute approximate surface area is 320 Å². The van der Waals surface area contributed by atoms with E-state index in [1.54, 1.807) is 24.3 Å². The Balaban J connectivity index is 1.04. The van der Waals surface area contributed by atoms with Gasteiger partial charge >= 0.3 is 0 Å². The van der Waals surface area contributed by atoms with E-state index in [9.17, 15) is 0 Å². The summed E-state index contributed by atoms with van der Waals surface area (Å²) in [6, 6.07) is 15.7. The van der Waals surface area contributed by atoms with Crippen LogP contribution in [0.3, 0.4) is 0 Å². The Morgan fingerprint density at radius 1 is 0.490 bits per heavy atom. The Morgan fingerprint density at radius 2 is 1.06 bits per heavy atom. The van der Waals surface area contributed by atoms with Gasteiger partial charge in [0.25, 0.3) is 0 Å². The average Bonchev–Trinajstić information content (AvgIpc) is 4.03. The second-order valence-electron chi connectivity index (χ2n) is 11.9. The highest BCUT2D eigenvalue weighted by atomic mass is 32.1. The zero-order chi connectivity index (χ0) is 45.7. The van der Waals surface area contributed by atoms with Crippen LogP contribution in [0, 0.1) is 0 Å². The summed E-state index contributed by atoms with van der Waals surface area (Å²) in [7, 11) is 0. The highest BCUT2D eigenvalue weighted by Crippen LogP contribution is 2.43. The van der Waals surface area contributed by atoms with Crippen LogP contribution in [0.15, 0.2) is 162 Å². The van der Waals surface area contributed by atoms with Crippen molar-refractivity contribution < 1.29 is 23.6 Å². The quantitative estimate of drug-likeness (QED) is 0.183. The molecule has 0 radical (unpaired) electrons. The maximum absolute atomic E-state index is 9.00. The van der Waals surface area contributed by atoms with Gasteiger partial charge in [-0.3, -0.25) is 0 Å². The lowest BCUT2D eigenvalue weighted by molar-refractivity contribution is 0.667. The maximum Gasteiger partial charge on any atom is 0.180 e. The second-order valence-corrected chi connectivity index (χ2v) is 13.9. The molecule has 4 aromatic heterocycles. The van der Waals surface area contributed by atoms with Crippen molar-refractivity contribution in [2.75, 3.05) is 0 Å². The molecule has 11 aromatic rings. The van der Waals surface area contributed by atoms with E-state index >= 15 is 0 Å². The van der Waals surface area contributed by atoms with Crippen molar-refractivity contribution in [2.45, 2.75) is 0 Å². The van der Waals surface area contributed by atoms with Crippen molar-refractivity contribution in [3.63, 3.8) is 0 Å². The summed E-state index contributed by atoms with van der Waals surface area (Å²) in [5, 5.41) is 1.30. The number of nitrogens with zero attached hydrogens (tertiary/aromatic N) is 2. The molecule has 0 aliphatic rings. The van der Waals surface area contributed by atoms with Crippen LogP contribution >= 0.6 is 22.7 Å². The van der Waals surface area contributed by atoms with Crippen LogP contribution in [0.2, 0.25) is 0 Å². The molecule has 0 unspecified atom stereocenters. The zero-order valence-corrected chi connectivity index (χ0v) is 27.7. The Kier molecular flexibility index (Phi) is 3.99. The summed E-state index contributed by atoms with van der Waals surface area (Å²) in [4.78, 5) is 9.23. The molecule has 0 N–H and O–H groups in total. The second kappa shape index (κ2) is 11.2. The molecule has 0 amide bonds. The third kappa shape index (κ3) is 4.49. The minimum Gasteiger partial charge on any atom is -0.452 e. The molecular formula is C46H26N2OS2. The summed E-state index contributed by atoms with van der Waals surface area (Å²) in [6.45, 7) is 0. The van der Waals surface area contributed by atoms with E-state index in [-0.39, 0.29) is 91.4 Å². The Bertz CT molecular complexity index is 3970. The lowest BCUT2D eigenvalue weighted by atomic mass is 9.96. The lowest BCUT2D eigenvalue weighted by Crippen LogP contribution is -1.88. The Hall–Kier alpha value is -6.14. The highest BCUT2D eigenvalue weighted by Gasteiger charge is 2.18. The van der Waals surface area contributed by atoms with Crippen LogP contribution in [0.4, 0.5) is 0 Å². The summed E-state index contributed by atoms with van der Waals surface area (Å²) < 4.78 is 128. The predicted octanol–water partition coefficient (Wildman–Crippen LogP) is 13.8. The SMILES string of the molecule is [2H]c1c([2H])c([2H])c2c(sc3c(-c4cccc(-c5cccc(-c6ncnc7c6oc6ccc(-c8c([2H])c([2H])c([2H])c9c8sc8c([2H])c([2H])c([2H])c([2H])c89)cc67)c5)c4)c([2H])c([2H])c([2H])c32)c1[2H]. The van der Waals surface area contributed by atoms with Gasteiger partial charge in [0, 0.05) is 51.3 Å². The molecule has 0 fully saturated rings. The predicted molar refractivity (Wildman–Crippen MR) is 217 cm³/mol. The standard InChI is InChI=1S/C46H26N2OS2/c1-3-19-40-34(13-1)36-17-7-15-32(45(36)50-40)29-11-5-9-27(23-29)28-10-6-12-31(24-28)42-44-43(48-26-47-42)38-25-30(21-22-39(38)49-44)33-16-8-18-37-35-14-2-4-20-41(35)51-46(33)37/h1-26H/i1D,2D,3D,4D,7D,8D,13D,14D,15D,16D,17D,18D,19D,20D. The molecule has 0 bridgehead atoms. The number of hydrogen-bond donors (Lipinski definition) is 0. The largest absolute Gasteiger partial charge is 0.452 e. The average molecular weight is 701 g/mol. The molecule has 238 valence electrons. The topological polar surface area (TPSA) is 38.9 Å². The summed E-state index contributed by atoms with van der Waals surface area (Å²) in [5.74, 6) is 0. The molecule has 51 heavy (non-hydrogen) atoms. The smallest absolute Gasteiger partial charge is 0.180 e. The Morgan fingerprint density at radius 3 is 1.75 bits per heavy atom. The first-order valence-corrected chi connectivity index (χ1v) is 17.5. The van der Waals surface area contributed by atoms with Gasteiger partial charge in [0.05, 0.1) is 19.2 Å². The van der Waals surface area contributed by atoms with E-state index in [0.717, 1.165) is 33.8 Å². The van der Waals surface area contributed by atoms with Gasteiger partial charge in [0.1, 0.15) is 23.1 Å². The molecule has 0 saturated carbocycles. The maximum atomic E-state index is 9.00. The molecular weight excluding hydrogens is 661 g/mol. The number of hydrogen-bond acceptors (Lipinski definition) is 5. The number of furan rings is 1. The van der Waals surface area contributed by atoms with Gasteiger partial charge in [0.2, 0.25) is 0 Å². The van der Waals surface area contributed by atoms with Gasteiger partial charge in [-0.1, -0.05) is 115 Å². The summed E-state index contributed by atoms with van der Waals surface area (Å²) in [6.07, 6.45) is 1.42. The number of fused-ring (bicyclic) bond motifs is 9. The van der Waals surface area contributed by atoms with E-state index in [1.807, 2.05) is 42.5 Å². The van der Waals surface area contributed by atoms with E-state index in [0.29, 0.717) is 65.0 Å². The minimum atomic E-state index is -0.440. The fourth-order valence-electron chi connectivity index (χ4n) is 6.70. The van der Waals surface area contributed by atoms with Gasteiger partial charge in [0.15, 0.2) is 5.58 Å². The van der Waals surface area contributed by atoms with Gasteiger partial charge < -0.3 is 4.42 Å². The zero-order valence-electron chi connectivity index (χ0n) is 40.0. The van der Waals surface area contributed by atoms with Crippen LogP contribution in [-0.2, 0) is 0 Å². The van der Waals surface area contributed by atoms with Crippen molar-refractivity contribution in [1.82, 2.24) is 9.97 Å². The van der Waals surface area contributed by atoms with Crippen molar-refractivity contribution >= 4 is 85.1 Å². The van der Waals surface area contributed by atoms with E-state index in [2.05, 4.69) is 9.97 Å². The van der Waals surface area contributed by atoms with Gasteiger partial charge in [-0.15, -0.1) is 22.7 Å². The van der Waals surface area contributed by atoms with Gasteiger partial charge in [-0.2, -0.15) is 0 Å². The highest BCUT2D eigenvalue weighted by molar-refractivity contribution is 7.26. The van der Waals surface area contributed by atoms with Gasteiger partial charge in [-0.05, 0) is 69.7 Å². The number of rotatable bonds is 4. The lowest BCUT2D eigenvalue weighted by Gasteiger charge is -2.09. The summed E-state index contributed by atoms with van der Waals surface area (Å²) in [5.41, 5.74) is 5.76. The molecule has 0 spiro atoms. The number of benzene rings is 7. The van der Waals surface area contributed by atoms with Crippen LogP contribution in [0.5, 0.6) is 0 Å². The molecule has 5 heteroatoms. The van der Waals surface area contributed by atoms with Crippen molar-refractivity contribution in [3.05, 3.63) is 158 Å². The van der Waals surface area contributed by atoms with Crippen LogP contribution in [0.1, 0.15) is 19.2 Å². The van der Waals surface area contributed by atoms with Crippen molar-refractivity contribution in [2.24, 2.45) is 0 Å². The minimum absolute atomic E-state index is 0.149. The van der Waals surface area contributed by atoms with Crippen molar-refractivity contribution in [3.8, 4) is 44.6 Å². The van der Waals surface area contributed by atoms with Gasteiger partial charge in [-0.25, -0.2) is 9.97 Å². The normalized spacial score (nSPS) is 15.8. The molecule has 3 nitrogen and oxygen atoms in total. The summed E-state index contributed by atoms with van der Waals surface area (Å²) >= 11 is 2.15. The van der Waals surface area contributed by atoms with Crippen LogP contribution in [0.25, 0.3) is 107 Å². The first kappa shape index (κ1) is 18.2. The monoisotopic (exact) mass is 700 g/mol. The molecule has 7 aromatic carbocycles. The molecule has 0 atom stereocenters. The van der Waals surface area contributed by atoms with Crippen molar-refractivity contribution in [1.29, 1.82) is 0 Å². The third-order valence-electron chi connectivity index (χ3n) is 9.03. The van der Waals surface area contributed by atoms with Crippen LogP contribution < -0.4 is 0 Å². The molecule has 4 heterocycles. The third-order valence-corrected chi connectivity index (χ3v) is 11.3. The van der Waals surface area contributed by atoms with E-state index in [4.69, 9.17) is 23.6 Å². The molecule has 0 saturated heterocycles. The molecule has 11 rings (SSSR count). The fourth-order valence-corrected chi connectivity index (χ4v) is 8.88. The fraction of sp³-hybridized carbons (Fsp3) is 0. The number of aromatic nitrogens is 2.